The zero-order chi connectivity index (χ0) is 14.4. The number of aryl methyl sites for hydroxylation is 2. The lowest BCUT2D eigenvalue weighted by Crippen LogP contribution is -2.39. The number of hydrogen-bond donors (Lipinski definition) is 1. The van der Waals surface area contributed by atoms with Gasteiger partial charge in [-0.2, -0.15) is 0 Å². The minimum atomic E-state index is 0.614. The number of benzene rings is 1. The fourth-order valence-corrected chi connectivity index (χ4v) is 3.16. The van der Waals surface area contributed by atoms with Crippen LogP contribution in [0.5, 0.6) is 0 Å². The summed E-state index contributed by atoms with van der Waals surface area (Å²) in [7, 11) is 2.24. The predicted molar refractivity (Wildman–Crippen MR) is 87.2 cm³/mol. The number of rotatable bonds is 6. The smallest absolute Gasteiger partial charge is 0.00420 e. The van der Waals surface area contributed by atoms with Crippen molar-refractivity contribution in [2.24, 2.45) is 5.92 Å². The third kappa shape index (κ3) is 5.26. The van der Waals surface area contributed by atoms with Gasteiger partial charge in [0.1, 0.15) is 0 Å². The highest BCUT2D eigenvalue weighted by Gasteiger charge is 2.17. The highest BCUT2D eigenvalue weighted by atomic mass is 15.1. The highest BCUT2D eigenvalue weighted by molar-refractivity contribution is 5.22. The van der Waals surface area contributed by atoms with Crippen LogP contribution >= 0.6 is 0 Å². The van der Waals surface area contributed by atoms with Gasteiger partial charge < -0.3 is 10.2 Å². The van der Waals surface area contributed by atoms with E-state index in [9.17, 15) is 0 Å². The predicted octanol–water partition coefficient (Wildman–Crippen LogP) is 3.25. The SMILES string of the molecule is Cc1cccc(CCC(C)NCC2CCCN(C)C2)c1. The van der Waals surface area contributed by atoms with Gasteiger partial charge in [-0.3, -0.25) is 0 Å². The lowest BCUT2D eigenvalue weighted by atomic mass is 9.97. The van der Waals surface area contributed by atoms with E-state index in [1.54, 1.807) is 0 Å². The summed E-state index contributed by atoms with van der Waals surface area (Å²) in [6.07, 6.45) is 5.16. The first-order valence-corrected chi connectivity index (χ1v) is 8.11. The molecule has 1 aromatic carbocycles. The van der Waals surface area contributed by atoms with E-state index >= 15 is 0 Å². The Labute approximate surface area is 124 Å². The largest absolute Gasteiger partial charge is 0.314 e. The van der Waals surface area contributed by atoms with Gasteiger partial charge in [-0.25, -0.2) is 0 Å². The average molecular weight is 274 g/mol. The molecule has 0 saturated carbocycles. The quantitative estimate of drug-likeness (QED) is 0.856. The van der Waals surface area contributed by atoms with Gasteiger partial charge >= 0.3 is 0 Å². The first kappa shape index (κ1) is 15.5. The van der Waals surface area contributed by atoms with Crippen LogP contribution in [-0.4, -0.2) is 37.6 Å². The summed E-state index contributed by atoms with van der Waals surface area (Å²) >= 11 is 0. The van der Waals surface area contributed by atoms with Crippen LogP contribution in [0.4, 0.5) is 0 Å². The van der Waals surface area contributed by atoms with Gasteiger partial charge in [0.15, 0.2) is 0 Å². The van der Waals surface area contributed by atoms with Gasteiger partial charge in [0.2, 0.25) is 0 Å². The molecule has 0 aliphatic carbocycles. The zero-order valence-corrected chi connectivity index (χ0v) is 13.4. The third-order valence-corrected chi connectivity index (χ3v) is 4.43. The number of piperidine rings is 1. The lowest BCUT2D eigenvalue weighted by molar-refractivity contribution is 0.203. The van der Waals surface area contributed by atoms with Crippen molar-refractivity contribution in [3.8, 4) is 0 Å². The summed E-state index contributed by atoms with van der Waals surface area (Å²) in [5.41, 5.74) is 2.84. The van der Waals surface area contributed by atoms with Crippen molar-refractivity contribution < 1.29 is 0 Å². The molecular weight excluding hydrogens is 244 g/mol. The Balaban J connectivity index is 1.66. The molecule has 1 aliphatic heterocycles. The summed E-state index contributed by atoms with van der Waals surface area (Å²) in [4.78, 5) is 2.47. The van der Waals surface area contributed by atoms with E-state index in [0.717, 1.165) is 5.92 Å². The second-order valence-corrected chi connectivity index (χ2v) is 6.61. The van der Waals surface area contributed by atoms with Crippen molar-refractivity contribution in [3.05, 3.63) is 35.4 Å². The lowest BCUT2D eigenvalue weighted by Gasteiger charge is -2.30. The van der Waals surface area contributed by atoms with Crippen molar-refractivity contribution in [1.82, 2.24) is 10.2 Å². The number of hydrogen-bond acceptors (Lipinski definition) is 2. The van der Waals surface area contributed by atoms with Gasteiger partial charge in [0, 0.05) is 12.6 Å². The monoisotopic (exact) mass is 274 g/mol. The Morgan fingerprint density at radius 3 is 3.00 bits per heavy atom. The molecule has 1 aromatic rings. The molecule has 0 bridgehead atoms. The fourth-order valence-electron chi connectivity index (χ4n) is 3.16. The molecule has 0 aromatic heterocycles. The van der Waals surface area contributed by atoms with Crippen LogP contribution in [0.15, 0.2) is 24.3 Å². The molecule has 1 heterocycles. The van der Waals surface area contributed by atoms with Gasteiger partial charge in [0.05, 0.1) is 0 Å². The molecule has 0 radical (unpaired) electrons. The number of likely N-dealkylation sites (tertiary alicyclic amines) is 1. The van der Waals surface area contributed by atoms with Crippen molar-refractivity contribution in [2.75, 3.05) is 26.7 Å². The van der Waals surface area contributed by atoms with Crippen molar-refractivity contribution in [3.63, 3.8) is 0 Å². The van der Waals surface area contributed by atoms with Crippen molar-refractivity contribution in [2.45, 2.75) is 45.6 Å². The summed E-state index contributed by atoms with van der Waals surface area (Å²) in [6, 6.07) is 9.51. The molecule has 1 saturated heterocycles. The van der Waals surface area contributed by atoms with Crippen LogP contribution in [-0.2, 0) is 6.42 Å². The molecule has 2 heteroatoms. The minimum Gasteiger partial charge on any atom is -0.314 e. The first-order chi connectivity index (χ1) is 9.63. The fraction of sp³-hybridized carbons (Fsp3) is 0.667. The maximum atomic E-state index is 3.73. The Hall–Kier alpha value is -0.860. The normalized spacial score (nSPS) is 21.9. The molecule has 1 aliphatic rings. The molecular formula is C18H30N2. The van der Waals surface area contributed by atoms with E-state index in [1.165, 1.54) is 56.4 Å². The second kappa shape index (κ2) is 7.80. The number of nitrogens with one attached hydrogen (secondary N) is 1. The van der Waals surface area contributed by atoms with Crippen molar-refractivity contribution >= 4 is 0 Å². The van der Waals surface area contributed by atoms with Gasteiger partial charge in [-0.1, -0.05) is 29.8 Å². The first-order valence-electron chi connectivity index (χ1n) is 8.11. The Morgan fingerprint density at radius 2 is 2.25 bits per heavy atom. The standard InChI is InChI=1S/C18H30N2/c1-15-6-4-7-17(12-15)10-9-16(2)19-13-18-8-5-11-20(3)14-18/h4,6-7,12,16,18-19H,5,8-11,13-14H2,1-3H3. The average Bonchev–Trinajstić information content (AvgIpc) is 2.43. The highest BCUT2D eigenvalue weighted by Crippen LogP contribution is 2.14. The number of nitrogens with zero attached hydrogens (tertiary/aromatic N) is 1. The molecule has 2 unspecified atom stereocenters. The maximum absolute atomic E-state index is 3.73. The topological polar surface area (TPSA) is 15.3 Å². The Morgan fingerprint density at radius 1 is 1.40 bits per heavy atom. The van der Waals surface area contributed by atoms with Crippen LogP contribution in [0.2, 0.25) is 0 Å². The third-order valence-electron chi connectivity index (χ3n) is 4.43. The zero-order valence-electron chi connectivity index (χ0n) is 13.4. The van der Waals surface area contributed by atoms with Crippen LogP contribution in [0.1, 0.15) is 37.3 Å². The van der Waals surface area contributed by atoms with E-state index in [1.807, 2.05) is 0 Å². The van der Waals surface area contributed by atoms with E-state index in [4.69, 9.17) is 0 Å². The molecule has 0 spiro atoms. The van der Waals surface area contributed by atoms with Gasteiger partial charge in [-0.05, 0) is 71.1 Å². The van der Waals surface area contributed by atoms with Gasteiger partial charge in [0.25, 0.3) is 0 Å². The minimum absolute atomic E-state index is 0.614. The van der Waals surface area contributed by atoms with Crippen LogP contribution in [0.3, 0.4) is 0 Å². The summed E-state index contributed by atoms with van der Waals surface area (Å²) in [5, 5.41) is 3.73. The maximum Gasteiger partial charge on any atom is 0.00420 e. The molecule has 1 fully saturated rings. The van der Waals surface area contributed by atoms with Crippen LogP contribution < -0.4 is 5.32 Å². The van der Waals surface area contributed by atoms with E-state index in [0.29, 0.717) is 6.04 Å². The Kier molecular flexibility index (Phi) is 6.06. The van der Waals surface area contributed by atoms with E-state index in [2.05, 4.69) is 55.4 Å². The second-order valence-electron chi connectivity index (χ2n) is 6.61. The van der Waals surface area contributed by atoms with Crippen LogP contribution in [0, 0.1) is 12.8 Å². The molecule has 0 amide bonds. The molecule has 2 nitrogen and oxygen atoms in total. The summed E-state index contributed by atoms with van der Waals surface area (Å²) < 4.78 is 0. The Bertz CT molecular complexity index is 402. The van der Waals surface area contributed by atoms with Crippen LogP contribution in [0.25, 0.3) is 0 Å². The summed E-state index contributed by atoms with van der Waals surface area (Å²) in [5.74, 6) is 0.843. The molecule has 2 rings (SSSR count). The molecule has 1 N–H and O–H groups in total. The molecule has 112 valence electrons. The molecule has 2 atom stereocenters. The van der Waals surface area contributed by atoms with E-state index in [-0.39, 0.29) is 0 Å². The van der Waals surface area contributed by atoms with Crippen molar-refractivity contribution in [1.29, 1.82) is 0 Å². The van der Waals surface area contributed by atoms with Gasteiger partial charge in [-0.15, -0.1) is 0 Å². The van der Waals surface area contributed by atoms with E-state index < -0.39 is 0 Å². The summed E-state index contributed by atoms with van der Waals surface area (Å²) in [6.45, 7) is 8.21. The molecule has 20 heavy (non-hydrogen) atoms.